The summed E-state index contributed by atoms with van der Waals surface area (Å²) < 4.78 is 5.34. The van der Waals surface area contributed by atoms with Crippen LogP contribution in [0.25, 0.3) is 11.1 Å². The maximum absolute atomic E-state index is 13.0. The Hall–Kier alpha value is -3.91. The zero-order valence-corrected chi connectivity index (χ0v) is 20.6. The Balaban J connectivity index is 1.47. The largest absolute Gasteiger partial charge is 0.495 e. The Kier molecular flexibility index (Phi) is 7.02. The van der Waals surface area contributed by atoms with Crippen molar-refractivity contribution >= 4 is 40.6 Å². The zero-order chi connectivity index (χ0) is 25.1. The molecule has 0 fully saturated rings. The van der Waals surface area contributed by atoms with Crippen LogP contribution in [0.1, 0.15) is 29.8 Å². The van der Waals surface area contributed by atoms with Gasteiger partial charge in [0.25, 0.3) is 5.91 Å². The topological polar surface area (TPSA) is 90.9 Å². The molecule has 1 heterocycles. The van der Waals surface area contributed by atoms with Crippen molar-refractivity contribution in [1.82, 2.24) is 4.90 Å². The minimum Gasteiger partial charge on any atom is -0.495 e. The first-order chi connectivity index (χ1) is 16.8. The van der Waals surface area contributed by atoms with Gasteiger partial charge in [0.1, 0.15) is 11.8 Å². The molecular formula is C27H27N3O4S. The van der Waals surface area contributed by atoms with Gasteiger partial charge in [-0.3, -0.25) is 4.79 Å². The van der Waals surface area contributed by atoms with Crippen LogP contribution in [0.5, 0.6) is 5.75 Å². The third-order valence-electron chi connectivity index (χ3n) is 5.99. The van der Waals surface area contributed by atoms with E-state index in [1.165, 1.54) is 4.90 Å². The average molecular weight is 490 g/mol. The molecule has 1 aliphatic rings. The first-order valence-corrected chi connectivity index (χ1v) is 11.7. The molecule has 1 aliphatic heterocycles. The highest BCUT2D eigenvalue weighted by Gasteiger charge is 2.38. The molecule has 7 nitrogen and oxygen atoms in total. The number of para-hydroxylation sites is 2. The second kappa shape index (κ2) is 10.1. The van der Waals surface area contributed by atoms with Gasteiger partial charge >= 0.3 is 5.97 Å². The molecule has 0 bridgehead atoms. The number of ether oxygens (including phenoxy) is 1. The van der Waals surface area contributed by atoms with Crippen molar-refractivity contribution in [2.24, 2.45) is 5.92 Å². The molecule has 3 N–H and O–H groups in total. The lowest BCUT2D eigenvalue weighted by atomic mass is 10.00. The Morgan fingerprint density at radius 2 is 1.71 bits per heavy atom. The third kappa shape index (κ3) is 5.12. The summed E-state index contributed by atoms with van der Waals surface area (Å²) in [6.07, 6.45) is 0. The molecule has 4 rings (SSSR count). The second-order valence-corrected chi connectivity index (χ2v) is 9.10. The SMILES string of the molecule is COc1ccccc1NC(=S)Nc1ccc(-c2ccc3c(c2)C(=O)N(C(C(=O)O)C(C)C)C3)cc1. The van der Waals surface area contributed by atoms with E-state index in [2.05, 4.69) is 10.6 Å². The third-order valence-corrected chi connectivity index (χ3v) is 6.20. The molecule has 0 radical (unpaired) electrons. The highest BCUT2D eigenvalue weighted by molar-refractivity contribution is 7.80. The smallest absolute Gasteiger partial charge is 0.326 e. The van der Waals surface area contributed by atoms with E-state index in [1.807, 2.05) is 80.6 Å². The number of nitrogens with one attached hydrogen (secondary N) is 2. The van der Waals surface area contributed by atoms with Crippen molar-refractivity contribution in [2.75, 3.05) is 17.7 Å². The number of benzene rings is 3. The molecule has 35 heavy (non-hydrogen) atoms. The number of hydrogen-bond donors (Lipinski definition) is 3. The molecule has 0 spiro atoms. The minimum absolute atomic E-state index is 0.186. The molecule has 180 valence electrons. The lowest BCUT2D eigenvalue weighted by molar-refractivity contribution is -0.144. The summed E-state index contributed by atoms with van der Waals surface area (Å²) in [6, 6.07) is 20.1. The molecule has 0 aromatic heterocycles. The molecule has 3 aromatic carbocycles. The molecule has 1 amide bonds. The molecule has 3 aromatic rings. The van der Waals surface area contributed by atoms with Crippen LogP contribution in [0, 0.1) is 5.92 Å². The number of amides is 1. The number of hydrogen-bond acceptors (Lipinski definition) is 4. The number of carbonyl (C=O) groups is 2. The maximum atomic E-state index is 13.0. The molecular weight excluding hydrogens is 462 g/mol. The van der Waals surface area contributed by atoms with Crippen LogP contribution in [0.15, 0.2) is 66.7 Å². The van der Waals surface area contributed by atoms with Crippen LogP contribution < -0.4 is 15.4 Å². The molecule has 1 unspecified atom stereocenters. The van der Waals surface area contributed by atoms with E-state index < -0.39 is 12.0 Å². The molecule has 0 saturated carbocycles. The number of nitrogens with zero attached hydrogens (tertiary/aromatic N) is 1. The summed E-state index contributed by atoms with van der Waals surface area (Å²) in [6.45, 7) is 3.93. The Morgan fingerprint density at radius 3 is 2.37 bits per heavy atom. The van der Waals surface area contributed by atoms with Crippen molar-refractivity contribution in [3.63, 3.8) is 0 Å². The number of carboxylic acid groups (broad SMARTS) is 1. The van der Waals surface area contributed by atoms with Gasteiger partial charge in [-0.2, -0.15) is 0 Å². The van der Waals surface area contributed by atoms with E-state index >= 15 is 0 Å². The van der Waals surface area contributed by atoms with Gasteiger partial charge in [0.2, 0.25) is 0 Å². The molecule has 0 saturated heterocycles. The molecule has 8 heteroatoms. The van der Waals surface area contributed by atoms with Crippen molar-refractivity contribution in [3.05, 3.63) is 77.9 Å². The van der Waals surface area contributed by atoms with Crippen LogP contribution in [-0.4, -0.2) is 40.1 Å². The Morgan fingerprint density at radius 1 is 1.03 bits per heavy atom. The number of rotatable bonds is 7. The van der Waals surface area contributed by atoms with Crippen LogP contribution >= 0.6 is 12.2 Å². The summed E-state index contributed by atoms with van der Waals surface area (Å²) in [4.78, 5) is 26.2. The normalized spacial score (nSPS) is 13.4. The van der Waals surface area contributed by atoms with Gasteiger partial charge < -0.3 is 25.4 Å². The van der Waals surface area contributed by atoms with Gasteiger partial charge in [0, 0.05) is 17.8 Å². The van der Waals surface area contributed by atoms with E-state index in [0.29, 0.717) is 23.0 Å². The molecule has 1 atom stereocenters. The zero-order valence-electron chi connectivity index (χ0n) is 19.7. The lowest BCUT2D eigenvalue weighted by Crippen LogP contribution is -2.44. The number of fused-ring (bicyclic) bond motifs is 1. The number of thiocarbonyl (C=S) groups is 1. The quantitative estimate of drug-likeness (QED) is 0.391. The van der Waals surface area contributed by atoms with Gasteiger partial charge in [0.05, 0.1) is 12.8 Å². The fourth-order valence-corrected chi connectivity index (χ4v) is 4.51. The number of aliphatic carboxylic acids is 1. The van der Waals surface area contributed by atoms with Gasteiger partial charge in [-0.15, -0.1) is 0 Å². The summed E-state index contributed by atoms with van der Waals surface area (Å²) in [5.41, 5.74) is 4.80. The van der Waals surface area contributed by atoms with Crippen LogP contribution in [0.3, 0.4) is 0 Å². The monoisotopic (exact) mass is 489 g/mol. The Bertz CT molecular complexity index is 1270. The highest BCUT2D eigenvalue weighted by Crippen LogP contribution is 2.32. The van der Waals surface area contributed by atoms with Crippen LogP contribution in [-0.2, 0) is 11.3 Å². The van der Waals surface area contributed by atoms with E-state index in [4.69, 9.17) is 17.0 Å². The summed E-state index contributed by atoms with van der Waals surface area (Å²) >= 11 is 5.43. The summed E-state index contributed by atoms with van der Waals surface area (Å²) in [5, 5.41) is 16.3. The average Bonchev–Trinajstić information content (AvgIpc) is 3.14. The van der Waals surface area contributed by atoms with Crippen molar-refractivity contribution in [2.45, 2.75) is 26.4 Å². The van der Waals surface area contributed by atoms with E-state index in [1.54, 1.807) is 7.11 Å². The lowest BCUT2D eigenvalue weighted by Gasteiger charge is -2.27. The summed E-state index contributed by atoms with van der Waals surface area (Å²) in [5.74, 6) is -0.717. The highest BCUT2D eigenvalue weighted by atomic mass is 32.1. The first kappa shape index (κ1) is 24.2. The van der Waals surface area contributed by atoms with Crippen LogP contribution in [0.2, 0.25) is 0 Å². The van der Waals surface area contributed by atoms with E-state index in [0.717, 1.165) is 28.1 Å². The van der Waals surface area contributed by atoms with Gasteiger partial charge in [-0.25, -0.2) is 4.79 Å². The fraction of sp³-hybridized carbons (Fsp3) is 0.222. The fourth-order valence-electron chi connectivity index (χ4n) is 4.28. The first-order valence-electron chi connectivity index (χ1n) is 11.3. The number of carbonyl (C=O) groups excluding carboxylic acids is 1. The number of anilines is 2. The van der Waals surface area contributed by atoms with Gasteiger partial charge in [-0.1, -0.05) is 50.2 Å². The van der Waals surface area contributed by atoms with Gasteiger partial charge in [0.15, 0.2) is 5.11 Å². The minimum atomic E-state index is -0.984. The number of carboxylic acids is 1. The van der Waals surface area contributed by atoms with Gasteiger partial charge in [-0.05, 0) is 65.2 Å². The van der Waals surface area contributed by atoms with Crippen molar-refractivity contribution in [3.8, 4) is 16.9 Å². The predicted molar refractivity (Wildman–Crippen MR) is 141 cm³/mol. The van der Waals surface area contributed by atoms with Crippen molar-refractivity contribution in [1.29, 1.82) is 0 Å². The number of methoxy groups -OCH3 is 1. The van der Waals surface area contributed by atoms with E-state index in [-0.39, 0.29) is 11.8 Å². The van der Waals surface area contributed by atoms with Crippen molar-refractivity contribution < 1.29 is 19.4 Å². The second-order valence-electron chi connectivity index (χ2n) is 8.69. The summed E-state index contributed by atoms with van der Waals surface area (Å²) in [7, 11) is 1.61. The maximum Gasteiger partial charge on any atom is 0.326 e. The molecule has 0 aliphatic carbocycles. The predicted octanol–water partition coefficient (Wildman–Crippen LogP) is 5.24. The van der Waals surface area contributed by atoms with Crippen LogP contribution in [0.4, 0.5) is 11.4 Å². The standard InChI is InChI=1S/C27H27N3O4S/c1-16(2)24(26(32)33)30-15-19-9-8-18(14-21(19)25(30)31)17-10-12-20(13-11-17)28-27(35)29-22-6-4-5-7-23(22)34-3/h4-14,16,24H,15H2,1-3H3,(H,32,33)(H2,28,29,35). The van der Waals surface area contributed by atoms with E-state index in [9.17, 15) is 14.7 Å². The Labute approximate surface area is 209 Å².